The molecule has 3 heterocycles. The maximum atomic E-state index is 6.86. The second-order valence-electron chi connectivity index (χ2n) is 20.6. The van der Waals surface area contributed by atoms with Gasteiger partial charge in [-0.1, -0.05) is 182 Å². The molecule has 0 saturated heterocycles. The summed E-state index contributed by atoms with van der Waals surface area (Å²) in [5.74, 6) is 0. The maximum absolute atomic E-state index is 6.86. The number of furan rings is 2. The van der Waals surface area contributed by atoms with Gasteiger partial charge in [-0.15, -0.1) is 0 Å². The highest BCUT2D eigenvalue weighted by atomic mass is 28.3. The molecule has 0 amide bonds. The molecule has 0 N–H and O–H groups in total. The van der Waals surface area contributed by atoms with Crippen LogP contribution >= 0.6 is 0 Å². The first-order valence-corrected chi connectivity index (χ1v) is 28.7. The molecule has 0 bridgehead atoms. The van der Waals surface area contributed by atoms with Crippen LogP contribution in [0, 0.1) is 13.8 Å². The number of hydrogen-bond donors (Lipinski definition) is 0. The van der Waals surface area contributed by atoms with Crippen molar-refractivity contribution >= 4 is 135 Å². The third kappa shape index (κ3) is 6.74. The molecule has 0 radical (unpaired) electrons. The number of hydrogen-bond acceptors (Lipinski definition) is 4. The Morgan fingerprint density at radius 3 is 1.16 bits per heavy atom. The van der Waals surface area contributed by atoms with Gasteiger partial charge in [0.1, 0.15) is 11.2 Å². The van der Waals surface area contributed by atoms with Crippen molar-refractivity contribution in [3.63, 3.8) is 0 Å². The molecule has 0 fully saturated rings. The summed E-state index contributed by atoms with van der Waals surface area (Å²) in [6.07, 6.45) is 0. The Kier molecular flexibility index (Phi) is 9.63. The quantitative estimate of drug-likeness (QED) is 0.142. The van der Waals surface area contributed by atoms with Crippen molar-refractivity contribution in [3.8, 4) is 5.69 Å². The van der Waals surface area contributed by atoms with Gasteiger partial charge in [0.15, 0.2) is 11.2 Å². The van der Waals surface area contributed by atoms with Gasteiger partial charge in [-0.25, -0.2) is 0 Å². The molecule has 6 heteroatoms. The zero-order valence-electron chi connectivity index (χ0n) is 41.4. The van der Waals surface area contributed by atoms with Crippen LogP contribution in [0.1, 0.15) is 11.1 Å². The summed E-state index contributed by atoms with van der Waals surface area (Å²) in [6.45, 7) is 11.6. The van der Waals surface area contributed by atoms with Crippen molar-refractivity contribution in [1.29, 1.82) is 0 Å². The SMILES string of the molecule is Cc1ccc(N(c2cc3c(c4ccccc24)c2c4ccccc4c(N(c4ccc(C)cc4)c4cccc5c4oc4ccccc45)cc2n3-c2ccc([Si](C)(C)C)cc2)c2cccc3c2oc2ccccc23)cc1. The first-order chi connectivity index (χ1) is 35.7. The van der Waals surface area contributed by atoms with E-state index >= 15 is 0 Å². The minimum Gasteiger partial charge on any atom is -0.454 e. The first kappa shape index (κ1) is 43.0. The minimum atomic E-state index is -1.64. The number of aromatic nitrogens is 1. The van der Waals surface area contributed by atoms with Gasteiger partial charge >= 0.3 is 0 Å². The highest BCUT2D eigenvalue weighted by molar-refractivity contribution is 6.88. The van der Waals surface area contributed by atoms with Crippen LogP contribution in [0.25, 0.3) is 92.9 Å². The molecule has 0 aliphatic carbocycles. The average Bonchev–Trinajstić information content (AvgIpc) is 4.10. The molecule has 0 spiro atoms. The van der Waals surface area contributed by atoms with Gasteiger partial charge < -0.3 is 23.2 Å². The zero-order chi connectivity index (χ0) is 49.1. The summed E-state index contributed by atoms with van der Waals surface area (Å²) >= 11 is 0. The van der Waals surface area contributed by atoms with E-state index in [1.54, 1.807) is 0 Å². The number of rotatable bonds is 8. The predicted octanol–water partition coefficient (Wildman–Crippen LogP) is 19.0. The van der Waals surface area contributed by atoms with Crippen molar-refractivity contribution in [2.45, 2.75) is 33.5 Å². The van der Waals surface area contributed by atoms with E-state index in [9.17, 15) is 0 Å². The average molecular weight is 958 g/mol. The highest BCUT2D eigenvalue weighted by Crippen LogP contribution is 2.52. The van der Waals surface area contributed by atoms with Crippen LogP contribution in [0.5, 0.6) is 0 Å². The van der Waals surface area contributed by atoms with E-state index in [4.69, 9.17) is 8.83 Å². The lowest BCUT2D eigenvalue weighted by Gasteiger charge is -2.27. The topological polar surface area (TPSA) is 37.7 Å². The van der Waals surface area contributed by atoms with Crippen LogP contribution in [0.4, 0.5) is 34.1 Å². The lowest BCUT2D eigenvalue weighted by molar-refractivity contribution is 0.669. The van der Waals surface area contributed by atoms with Gasteiger partial charge in [-0.2, -0.15) is 0 Å². The molecule has 0 atom stereocenters. The van der Waals surface area contributed by atoms with Gasteiger partial charge in [0, 0.05) is 60.2 Å². The molecule has 350 valence electrons. The fraction of sp³-hybridized carbons (Fsp3) is 0.0746. The largest absolute Gasteiger partial charge is 0.454 e. The van der Waals surface area contributed by atoms with Crippen molar-refractivity contribution in [2.75, 3.05) is 9.80 Å². The van der Waals surface area contributed by atoms with Crippen LogP contribution < -0.4 is 15.0 Å². The summed E-state index contributed by atoms with van der Waals surface area (Å²) < 4.78 is 16.2. The van der Waals surface area contributed by atoms with Crippen LogP contribution in [0.3, 0.4) is 0 Å². The number of fused-ring (bicyclic) bond motifs is 13. The zero-order valence-corrected chi connectivity index (χ0v) is 42.4. The summed E-state index contributed by atoms with van der Waals surface area (Å²) in [5.41, 5.74) is 15.3. The molecular formula is C67H51N3O2Si. The van der Waals surface area contributed by atoms with E-state index in [2.05, 4.69) is 254 Å². The Balaban J connectivity index is 1.14. The molecular weight excluding hydrogens is 907 g/mol. The summed E-state index contributed by atoms with van der Waals surface area (Å²) in [4.78, 5) is 4.83. The summed E-state index contributed by atoms with van der Waals surface area (Å²) in [7, 11) is -1.64. The molecule has 0 aliphatic rings. The van der Waals surface area contributed by atoms with E-state index < -0.39 is 8.07 Å². The number of anilines is 6. The molecule has 0 unspecified atom stereocenters. The van der Waals surface area contributed by atoms with Crippen LogP contribution in [0.15, 0.2) is 227 Å². The molecule has 0 saturated carbocycles. The second kappa shape index (κ2) is 16.4. The third-order valence-electron chi connectivity index (χ3n) is 15.0. The first-order valence-electron chi connectivity index (χ1n) is 25.2. The fourth-order valence-corrected chi connectivity index (χ4v) is 12.6. The Hall–Kier alpha value is -8.84. The van der Waals surface area contributed by atoms with Crippen molar-refractivity contribution in [2.24, 2.45) is 0 Å². The summed E-state index contributed by atoms with van der Waals surface area (Å²) in [6, 6.07) is 79.8. The molecule has 14 aromatic rings. The van der Waals surface area contributed by atoms with Gasteiger partial charge in [0.05, 0.1) is 41.9 Å². The van der Waals surface area contributed by atoms with E-state index in [1.165, 1.54) is 37.9 Å². The lowest BCUT2D eigenvalue weighted by Crippen LogP contribution is -2.37. The molecule has 11 aromatic carbocycles. The standard InChI is InChI=1S/C67H51N3O2Si/c1-42-28-32-44(33-29-42)68(56-24-14-22-54-50-18-10-12-26-62(50)71-66(54)56)58-40-60-64(52-20-8-6-16-48(52)58)65-53-21-9-7-17-49(53)59(41-61(65)70(60)46-36-38-47(39-37-46)73(3,4)5)69(45-34-30-43(2)31-35-45)57-25-15-23-55-51-19-11-13-27-63(51)72-67(55)57/h6-41H,1-5H3. The van der Waals surface area contributed by atoms with E-state index in [0.29, 0.717) is 0 Å². The Morgan fingerprint density at radius 1 is 0.356 bits per heavy atom. The van der Waals surface area contributed by atoms with Crippen molar-refractivity contribution < 1.29 is 8.83 Å². The Morgan fingerprint density at radius 2 is 0.740 bits per heavy atom. The van der Waals surface area contributed by atoms with E-state index in [0.717, 1.165) is 105 Å². The van der Waals surface area contributed by atoms with Crippen molar-refractivity contribution in [3.05, 3.63) is 230 Å². The van der Waals surface area contributed by atoms with Crippen molar-refractivity contribution in [1.82, 2.24) is 4.57 Å². The molecule has 5 nitrogen and oxygen atoms in total. The van der Waals surface area contributed by atoms with E-state index in [-0.39, 0.29) is 0 Å². The van der Waals surface area contributed by atoms with Gasteiger partial charge in [-0.3, -0.25) is 0 Å². The normalized spacial score (nSPS) is 12.2. The predicted molar refractivity (Wildman–Crippen MR) is 312 cm³/mol. The number of aryl methyl sites for hydroxylation is 2. The van der Waals surface area contributed by atoms with Crippen LogP contribution in [0.2, 0.25) is 19.6 Å². The molecule has 0 aliphatic heterocycles. The monoisotopic (exact) mass is 957 g/mol. The summed E-state index contributed by atoms with van der Waals surface area (Å²) in [5, 5.41) is 12.8. The number of benzene rings is 11. The molecule has 3 aromatic heterocycles. The Bertz CT molecular complexity index is 4240. The van der Waals surface area contributed by atoms with Gasteiger partial charge in [0.2, 0.25) is 0 Å². The highest BCUT2D eigenvalue weighted by Gasteiger charge is 2.28. The third-order valence-corrected chi connectivity index (χ3v) is 17.1. The second-order valence-corrected chi connectivity index (χ2v) is 25.7. The van der Waals surface area contributed by atoms with Crippen LogP contribution in [-0.4, -0.2) is 12.6 Å². The minimum absolute atomic E-state index is 0.849. The Labute approximate surface area is 424 Å². The molecule has 73 heavy (non-hydrogen) atoms. The lowest BCUT2D eigenvalue weighted by atomic mass is 9.96. The van der Waals surface area contributed by atoms with Gasteiger partial charge in [0.25, 0.3) is 0 Å². The van der Waals surface area contributed by atoms with E-state index in [1.807, 2.05) is 12.1 Å². The number of nitrogens with zero attached hydrogens (tertiary/aromatic N) is 3. The number of para-hydroxylation sites is 4. The maximum Gasteiger partial charge on any atom is 0.159 e. The smallest absolute Gasteiger partial charge is 0.159 e. The molecule has 14 rings (SSSR count). The van der Waals surface area contributed by atoms with Gasteiger partial charge in [-0.05, 0) is 97.4 Å². The van der Waals surface area contributed by atoms with Crippen LogP contribution in [-0.2, 0) is 0 Å². The fourth-order valence-electron chi connectivity index (χ4n) is 11.5.